The standard InChI is InChI=1S/C59H38N4O/c1-2-16-37(17-3-1)57-60-58(62-59(61-57)50-29-15-28-49-48-27-11-13-31-55(48)64-56(49)50)41-21-14-22-43(34-41)63-53-30-12-10-26-47(53)52-36-51-42(35-54(52)63)33-40-20-5-8-24-45(40)44-23-7-4-18-38(44)32-39-19-6-9-25-46(39)51/h1-31,34-36H,32-33H2. The minimum Gasteiger partial charge on any atom is -0.455 e. The number of aromatic nitrogens is 4. The van der Waals surface area contributed by atoms with E-state index in [0.29, 0.717) is 17.5 Å². The Morgan fingerprint density at radius 1 is 0.344 bits per heavy atom. The maximum absolute atomic E-state index is 6.50. The van der Waals surface area contributed by atoms with Crippen LogP contribution in [0.3, 0.4) is 0 Å². The Bertz CT molecular complexity index is 3800. The third kappa shape index (κ3) is 5.89. The van der Waals surface area contributed by atoms with Gasteiger partial charge in [-0.15, -0.1) is 0 Å². The monoisotopic (exact) mass is 818 g/mol. The predicted molar refractivity (Wildman–Crippen MR) is 261 cm³/mol. The molecule has 1 aliphatic rings. The van der Waals surface area contributed by atoms with Crippen molar-refractivity contribution in [3.63, 3.8) is 0 Å². The molecule has 0 saturated carbocycles. The molecule has 5 heteroatoms. The molecule has 0 fully saturated rings. The lowest BCUT2D eigenvalue weighted by Gasteiger charge is -2.21. The average molecular weight is 819 g/mol. The highest BCUT2D eigenvalue weighted by atomic mass is 16.3. The van der Waals surface area contributed by atoms with Crippen LogP contribution in [0.25, 0.3) is 106 Å². The van der Waals surface area contributed by atoms with E-state index in [1.807, 2.05) is 54.6 Å². The molecule has 0 saturated heterocycles. The highest BCUT2D eigenvalue weighted by Gasteiger charge is 2.23. The normalized spacial score (nSPS) is 12.2. The molecule has 0 bridgehead atoms. The summed E-state index contributed by atoms with van der Waals surface area (Å²) in [6.07, 6.45) is 1.64. The number of fused-ring (bicyclic) bond motifs is 12. The largest absolute Gasteiger partial charge is 0.455 e. The van der Waals surface area contributed by atoms with Crippen molar-refractivity contribution in [2.75, 3.05) is 0 Å². The number of para-hydroxylation sites is 3. The molecule has 0 aliphatic heterocycles. The van der Waals surface area contributed by atoms with Crippen LogP contribution in [0.15, 0.2) is 211 Å². The van der Waals surface area contributed by atoms with E-state index in [1.54, 1.807) is 0 Å². The lowest BCUT2D eigenvalue weighted by atomic mass is 9.83. The summed E-state index contributed by atoms with van der Waals surface area (Å²) in [7, 11) is 0. The smallest absolute Gasteiger partial charge is 0.167 e. The lowest BCUT2D eigenvalue weighted by molar-refractivity contribution is 0.669. The topological polar surface area (TPSA) is 56.7 Å². The van der Waals surface area contributed by atoms with Gasteiger partial charge >= 0.3 is 0 Å². The van der Waals surface area contributed by atoms with Gasteiger partial charge in [-0.2, -0.15) is 0 Å². The zero-order chi connectivity index (χ0) is 42.1. The van der Waals surface area contributed by atoms with Crippen LogP contribution >= 0.6 is 0 Å². The van der Waals surface area contributed by atoms with E-state index in [9.17, 15) is 0 Å². The number of furan rings is 1. The van der Waals surface area contributed by atoms with Crippen molar-refractivity contribution in [1.82, 2.24) is 19.5 Å². The van der Waals surface area contributed by atoms with Crippen molar-refractivity contribution < 1.29 is 4.42 Å². The summed E-state index contributed by atoms with van der Waals surface area (Å²) in [5.74, 6) is 1.75. The van der Waals surface area contributed by atoms with Crippen molar-refractivity contribution >= 4 is 43.7 Å². The van der Waals surface area contributed by atoms with Gasteiger partial charge in [-0.1, -0.05) is 164 Å². The first-order valence-electron chi connectivity index (χ1n) is 21.9. The zero-order valence-corrected chi connectivity index (χ0v) is 34.7. The summed E-state index contributed by atoms with van der Waals surface area (Å²) >= 11 is 0. The molecule has 0 radical (unpaired) electrons. The maximum atomic E-state index is 6.50. The lowest BCUT2D eigenvalue weighted by Crippen LogP contribution is -2.03. The molecule has 9 aromatic carbocycles. The van der Waals surface area contributed by atoms with Crippen LogP contribution < -0.4 is 0 Å². The molecule has 1 aliphatic carbocycles. The Balaban J connectivity index is 1.02. The number of benzene rings is 9. The van der Waals surface area contributed by atoms with Gasteiger partial charge in [0.2, 0.25) is 0 Å². The van der Waals surface area contributed by atoms with Gasteiger partial charge in [0.1, 0.15) is 11.2 Å². The van der Waals surface area contributed by atoms with Gasteiger partial charge in [-0.25, -0.2) is 15.0 Å². The summed E-state index contributed by atoms with van der Waals surface area (Å²) in [5.41, 5.74) is 18.0. The summed E-state index contributed by atoms with van der Waals surface area (Å²) in [6.45, 7) is 0. The molecule has 300 valence electrons. The molecule has 0 unspecified atom stereocenters. The molecular formula is C59H38N4O. The number of hydrogen-bond donors (Lipinski definition) is 0. The number of rotatable bonds is 4. The molecule has 13 rings (SSSR count). The van der Waals surface area contributed by atoms with E-state index in [4.69, 9.17) is 19.4 Å². The first-order valence-corrected chi connectivity index (χ1v) is 21.9. The van der Waals surface area contributed by atoms with Crippen molar-refractivity contribution in [2.45, 2.75) is 12.8 Å². The Hall–Kier alpha value is -8.41. The molecule has 5 nitrogen and oxygen atoms in total. The number of nitrogens with zero attached hydrogens (tertiary/aromatic N) is 4. The molecule has 0 atom stereocenters. The summed E-state index contributed by atoms with van der Waals surface area (Å²) in [4.78, 5) is 15.5. The van der Waals surface area contributed by atoms with Crippen LogP contribution in [0.1, 0.15) is 22.3 Å². The van der Waals surface area contributed by atoms with E-state index in [-0.39, 0.29) is 0 Å². The minimum atomic E-state index is 0.560. The van der Waals surface area contributed by atoms with Crippen LogP contribution in [0.5, 0.6) is 0 Å². The minimum absolute atomic E-state index is 0.560. The highest BCUT2D eigenvalue weighted by Crippen LogP contribution is 2.42. The second kappa shape index (κ2) is 14.6. The second-order valence-electron chi connectivity index (χ2n) is 16.7. The molecule has 0 amide bonds. The van der Waals surface area contributed by atoms with E-state index >= 15 is 0 Å². The quantitative estimate of drug-likeness (QED) is 0.177. The van der Waals surface area contributed by atoms with Crippen molar-refractivity contribution in [2.24, 2.45) is 0 Å². The van der Waals surface area contributed by atoms with Gasteiger partial charge in [0.25, 0.3) is 0 Å². The van der Waals surface area contributed by atoms with Crippen LogP contribution in [-0.4, -0.2) is 19.5 Å². The fourth-order valence-electron chi connectivity index (χ4n) is 10.0. The maximum Gasteiger partial charge on any atom is 0.167 e. The van der Waals surface area contributed by atoms with Gasteiger partial charge < -0.3 is 8.98 Å². The van der Waals surface area contributed by atoms with Crippen molar-refractivity contribution in [3.05, 3.63) is 229 Å². The van der Waals surface area contributed by atoms with Crippen molar-refractivity contribution in [3.8, 4) is 62.1 Å². The highest BCUT2D eigenvalue weighted by molar-refractivity contribution is 6.11. The Morgan fingerprint density at radius 3 is 1.66 bits per heavy atom. The van der Waals surface area contributed by atoms with Crippen LogP contribution in [0.4, 0.5) is 0 Å². The Kier molecular flexibility index (Phi) is 8.28. The summed E-state index contributed by atoms with van der Waals surface area (Å²) in [5, 5.41) is 4.51. The van der Waals surface area contributed by atoms with Crippen molar-refractivity contribution in [1.29, 1.82) is 0 Å². The van der Waals surface area contributed by atoms with E-state index < -0.39 is 0 Å². The van der Waals surface area contributed by atoms with Gasteiger partial charge in [-0.05, 0) is 99.8 Å². The molecular weight excluding hydrogens is 781 g/mol. The summed E-state index contributed by atoms with van der Waals surface area (Å²) in [6, 6.07) is 73.6. The van der Waals surface area contributed by atoms with Gasteiger partial charge in [0.05, 0.1) is 16.6 Å². The number of hydrogen-bond acceptors (Lipinski definition) is 4. The summed E-state index contributed by atoms with van der Waals surface area (Å²) < 4.78 is 8.91. The molecule has 12 aromatic rings. The fourth-order valence-corrected chi connectivity index (χ4v) is 10.0. The Labute approximate surface area is 369 Å². The second-order valence-corrected chi connectivity index (χ2v) is 16.7. The molecule has 3 aromatic heterocycles. The van der Waals surface area contributed by atoms with E-state index in [2.05, 4.69) is 156 Å². The molecule has 3 heterocycles. The fraction of sp³-hybridized carbons (Fsp3) is 0.0339. The third-order valence-corrected chi connectivity index (χ3v) is 13.0. The van der Waals surface area contributed by atoms with E-state index in [0.717, 1.165) is 68.2 Å². The van der Waals surface area contributed by atoms with Crippen LogP contribution in [0, 0.1) is 0 Å². The first kappa shape index (κ1) is 36.3. The van der Waals surface area contributed by atoms with Crippen LogP contribution in [0.2, 0.25) is 0 Å². The van der Waals surface area contributed by atoms with Gasteiger partial charge in [-0.3, -0.25) is 0 Å². The molecule has 0 N–H and O–H groups in total. The SMILES string of the molecule is c1ccc(-c2nc(-c3cccc(-n4c5ccccc5c5cc6c(cc54)Cc4ccccc4-c4ccccc4Cc4ccccc4-6)c3)nc(-c3cccc4c3oc3ccccc34)n2)cc1. The van der Waals surface area contributed by atoms with Crippen LogP contribution in [-0.2, 0) is 12.8 Å². The van der Waals surface area contributed by atoms with Gasteiger partial charge in [0, 0.05) is 38.4 Å². The average Bonchev–Trinajstić information content (AvgIpc) is 3.90. The first-order chi connectivity index (χ1) is 31.7. The molecule has 64 heavy (non-hydrogen) atoms. The Morgan fingerprint density at radius 2 is 0.891 bits per heavy atom. The van der Waals surface area contributed by atoms with Gasteiger partial charge in [0.15, 0.2) is 17.5 Å². The molecule has 0 spiro atoms. The third-order valence-electron chi connectivity index (χ3n) is 13.0. The predicted octanol–water partition coefficient (Wildman–Crippen LogP) is 14.7. The van der Waals surface area contributed by atoms with E-state index in [1.165, 1.54) is 55.3 Å². The zero-order valence-electron chi connectivity index (χ0n) is 34.7.